The summed E-state index contributed by atoms with van der Waals surface area (Å²) in [7, 11) is 0. The van der Waals surface area contributed by atoms with Crippen molar-refractivity contribution in [2.75, 3.05) is 26.2 Å². The molecule has 1 spiro atoms. The Balaban J connectivity index is 0.000000317. The fourth-order valence-corrected chi connectivity index (χ4v) is 3.90. The number of ether oxygens (including phenoxy) is 1. The number of halogens is 6. The average Bonchev–Trinajstić information content (AvgIpc) is 3.42. The number of amides is 1. The Morgan fingerprint density at radius 2 is 1.56 bits per heavy atom. The van der Waals surface area contributed by atoms with Gasteiger partial charge < -0.3 is 20.3 Å². The first-order valence-corrected chi connectivity index (χ1v) is 11.2. The molecule has 2 aliphatic heterocycles. The summed E-state index contributed by atoms with van der Waals surface area (Å²) in [5, 5.41) is 17.3. The van der Waals surface area contributed by atoms with Gasteiger partial charge in [0.2, 0.25) is 11.8 Å². The van der Waals surface area contributed by atoms with Gasteiger partial charge in [-0.2, -0.15) is 26.3 Å². The fraction of sp³-hybridized carbons (Fsp3) is 0.435. The molecule has 2 fully saturated rings. The lowest BCUT2D eigenvalue weighted by Crippen LogP contribution is -2.40. The highest BCUT2D eigenvalue weighted by Gasteiger charge is 2.54. The van der Waals surface area contributed by atoms with Crippen molar-refractivity contribution >= 4 is 17.8 Å². The Labute approximate surface area is 217 Å². The SMILES string of the molecule is O=C(O)C(F)(F)F.O=C(O)C(F)(F)F.O=C1NC[C@@H](COc2ccccn2)[C@]12CCN(Cc1ccccn1)C2. The van der Waals surface area contributed by atoms with Crippen LogP contribution in [-0.4, -0.2) is 81.5 Å². The Morgan fingerprint density at radius 3 is 2.05 bits per heavy atom. The number of nitrogens with zero attached hydrogens (tertiary/aromatic N) is 3. The zero-order chi connectivity index (χ0) is 29.3. The molecule has 0 aliphatic carbocycles. The molecule has 4 rings (SSSR count). The predicted octanol–water partition coefficient (Wildman–Crippen LogP) is 2.76. The van der Waals surface area contributed by atoms with Gasteiger partial charge in [-0.05, 0) is 31.2 Å². The van der Waals surface area contributed by atoms with E-state index in [0.717, 1.165) is 31.7 Å². The highest BCUT2D eigenvalue weighted by molar-refractivity contribution is 5.86. The highest BCUT2D eigenvalue weighted by Crippen LogP contribution is 2.42. The number of aliphatic carboxylic acids is 2. The van der Waals surface area contributed by atoms with Crippen LogP contribution >= 0.6 is 0 Å². The molecule has 0 radical (unpaired) electrons. The van der Waals surface area contributed by atoms with Crippen LogP contribution in [0.2, 0.25) is 0 Å². The summed E-state index contributed by atoms with van der Waals surface area (Å²) in [5.41, 5.74) is 0.683. The molecule has 10 nitrogen and oxygen atoms in total. The summed E-state index contributed by atoms with van der Waals surface area (Å²) >= 11 is 0. The van der Waals surface area contributed by atoms with Gasteiger partial charge in [0.15, 0.2) is 0 Å². The van der Waals surface area contributed by atoms with Crippen LogP contribution in [-0.2, 0) is 20.9 Å². The van der Waals surface area contributed by atoms with Crippen LogP contribution in [0.1, 0.15) is 12.1 Å². The first kappa shape index (κ1) is 31.3. The summed E-state index contributed by atoms with van der Waals surface area (Å²) < 4.78 is 69.3. The van der Waals surface area contributed by atoms with Gasteiger partial charge in [0.25, 0.3) is 0 Å². The van der Waals surface area contributed by atoms with Crippen LogP contribution in [0.4, 0.5) is 26.3 Å². The summed E-state index contributed by atoms with van der Waals surface area (Å²) in [5.74, 6) is -4.58. The van der Waals surface area contributed by atoms with Gasteiger partial charge in [-0.25, -0.2) is 14.6 Å². The molecule has 0 saturated carbocycles. The van der Waals surface area contributed by atoms with Gasteiger partial charge in [0.1, 0.15) is 0 Å². The van der Waals surface area contributed by atoms with E-state index in [1.54, 1.807) is 6.20 Å². The van der Waals surface area contributed by atoms with E-state index in [2.05, 4.69) is 20.2 Å². The molecule has 3 N–H and O–H groups in total. The quantitative estimate of drug-likeness (QED) is 0.466. The highest BCUT2D eigenvalue weighted by atomic mass is 19.4. The van der Waals surface area contributed by atoms with Crippen molar-refractivity contribution in [3.8, 4) is 5.88 Å². The molecule has 0 bridgehead atoms. The van der Waals surface area contributed by atoms with Gasteiger partial charge in [-0.15, -0.1) is 0 Å². The van der Waals surface area contributed by atoms with Gasteiger partial charge in [0, 0.05) is 44.0 Å². The number of aromatic nitrogens is 2. The summed E-state index contributed by atoms with van der Waals surface area (Å²) in [6, 6.07) is 11.6. The number of hydrogen-bond acceptors (Lipinski definition) is 7. The first-order valence-electron chi connectivity index (χ1n) is 11.2. The maximum atomic E-state index is 12.6. The molecule has 1 amide bonds. The molecular weight excluding hydrogens is 542 g/mol. The standard InChI is InChI=1S/C19H22N4O2.2C2HF3O2/c24-18-19(7-10-23(14-19)12-16-5-1-3-8-20-16)15(11-22-18)13-25-17-6-2-4-9-21-17;2*3-2(4,5)1(6)7/h1-6,8-9,15H,7,10-14H2,(H,22,24);2*(H,6,7)/t15-,19+;;/m0../s1. The van der Waals surface area contributed by atoms with Crippen molar-refractivity contribution in [1.82, 2.24) is 20.2 Å². The lowest BCUT2D eigenvalue weighted by atomic mass is 9.77. The zero-order valence-corrected chi connectivity index (χ0v) is 20.1. The number of carbonyl (C=O) groups excluding carboxylic acids is 1. The fourth-order valence-electron chi connectivity index (χ4n) is 3.90. The summed E-state index contributed by atoms with van der Waals surface area (Å²) in [6.45, 7) is 3.62. The first-order chi connectivity index (χ1) is 18.1. The normalized spacial score (nSPS) is 20.8. The van der Waals surface area contributed by atoms with Crippen molar-refractivity contribution in [1.29, 1.82) is 0 Å². The molecule has 39 heavy (non-hydrogen) atoms. The number of likely N-dealkylation sites (tertiary alicyclic amines) is 1. The minimum Gasteiger partial charge on any atom is -0.477 e. The lowest BCUT2D eigenvalue weighted by molar-refractivity contribution is -0.193. The van der Waals surface area contributed by atoms with E-state index in [0.29, 0.717) is 19.0 Å². The van der Waals surface area contributed by atoms with Crippen LogP contribution in [0.3, 0.4) is 0 Å². The zero-order valence-electron chi connectivity index (χ0n) is 20.1. The van der Waals surface area contributed by atoms with Crippen LogP contribution in [0, 0.1) is 11.3 Å². The van der Waals surface area contributed by atoms with Gasteiger partial charge in [-0.1, -0.05) is 12.1 Å². The Bertz CT molecular complexity index is 1080. The molecule has 2 atom stereocenters. The third-order valence-electron chi connectivity index (χ3n) is 5.79. The van der Waals surface area contributed by atoms with Crippen molar-refractivity contribution in [3.05, 3.63) is 54.5 Å². The Kier molecular flexibility index (Phi) is 10.6. The Morgan fingerprint density at radius 1 is 1.00 bits per heavy atom. The van der Waals surface area contributed by atoms with Gasteiger partial charge in [0.05, 0.1) is 17.7 Å². The van der Waals surface area contributed by atoms with Gasteiger partial charge >= 0.3 is 24.3 Å². The van der Waals surface area contributed by atoms with Crippen LogP contribution in [0.25, 0.3) is 0 Å². The molecule has 16 heteroatoms. The van der Waals surface area contributed by atoms with Crippen LogP contribution in [0.15, 0.2) is 48.8 Å². The average molecular weight is 566 g/mol. The third kappa shape index (κ3) is 9.38. The van der Waals surface area contributed by atoms with Crippen LogP contribution < -0.4 is 10.1 Å². The van der Waals surface area contributed by atoms with E-state index in [4.69, 9.17) is 24.5 Å². The molecule has 2 aromatic rings. The number of rotatable bonds is 5. The minimum absolute atomic E-state index is 0.158. The van der Waals surface area contributed by atoms with E-state index in [1.165, 1.54) is 0 Å². The second-order valence-corrected chi connectivity index (χ2v) is 8.43. The second kappa shape index (κ2) is 13.2. The monoisotopic (exact) mass is 566 g/mol. The van der Waals surface area contributed by atoms with Crippen LogP contribution in [0.5, 0.6) is 5.88 Å². The molecule has 2 aromatic heterocycles. The Hall–Kier alpha value is -3.95. The van der Waals surface area contributed by atoms with Crippen molar-refractivity contribution < 1.29 is 55.7 Å². The second-order valence-electron chi connectivity index (χ2n) is 8.43. The molecular formula is C23H24F6N4O6. The number of carboxylic acids is 2. The van der Waals surface area contributed by atoms with Gasteiger partial charge in [-0.3, -0.25) is 14.7 Å². The molecule has 0 aromatic carbocycles. The number of hydrogen-bond donors (Lipinski definition) is 3. The maximum Gasteiger partial charge on any atom is 0.490 e. The van der Waals surface area contributed by atoms with E-state index < -0.39 is 24.3 Å². The maximum absolute atomic E-state index is 12.6. The lowest BCUT2D eigenvalue weighted by Gasteiger charge is -2.28. The molecule has 4 heterocycles. The number of carbonyl (C=O) groups is 3. The predicted molar refractivity (Wildman–Crippen MR) is 120 cm³/mol. The van der Waals surface area contributed by atoms with Crippen molar-refractivity contribution in [2.45, 2.75) is 25.3 Å². The molecule has 0 unspecified atom stereocenters. The number of alkyl halides is 6. The molecule has 2 saturated heterocycles. The third-order valence-corrected chi connectivity index (χ3v) is 5.79. The van der Waals surface area contributed by atoms with E-state index >= 15 is 0 Å². The topological polar surface area (TPSA) is 142 Å². The largest absolute Gasteiger partial charge is 0.490 e. The molecule has 2 aliphatic rings. The smallest absolute Gasteiger partial charge is 0.477 e. The van der Waals surface area contributed by atoms with E-state index in [9.17, 15) is 31.1 Å². The number of nitrogens with one attached hydrogen (secondary N) is 1. The molecule has 214 valence electrons. The van der Waals surface area contributed by atoms with E-state index in [-0.39, 0.29) is 17.2 Å². The number of pyridine rings is 2. The summed E-state index contributed by atoms with van der Waals surface area (Å²) in [4.78, 5) is 41.3. The minimum atomic E-state index is -5.08. The van der Waals surface area contributed by atoms with Crippen molar-refractivity contribution in [3.63, 3.8) is 0 Å². The van der Waals surface area contributed by atoms with Crippen molar-refractivity contribution in [2.24, 2.45) is 11.3 Å². The van der Waals surface area contributed by atoms with E-state index in [1.807, 2.05) is 42.6 Å². The number of carboxylic acid groups (broad SMARTS) is 2. The summed E-state index contributed by atoms with van der Waals surface area (Å²) in [6.07, 6.45) is -5.78.